The first-order valence-corrected chi connectivity index (χ1v) is 9.19. The number of aromatic nitrogens is 1. The van der Waals surface area contributed by atoms with Gasteiger partial charge in [-0.2, -0.15) is 4.31 Å². The molecule has 1 unspecified atom stereocenters. The zero-order chi connectivity index (χ0) is 15.7. The number of sulfonamides is 1. The molecule has 22 heavy (non-hydrogen) atoms. The Morgan fingerprint density at radius 2 is 1.95 bits per heavy atom. The van der Waals surface area contributed by atoms with Crippen LogP contribution in [-0.2, 0) is 14.8 Å². The predicted octanol–water partition coefficient (Wildman–Crippen LogP) is 0.777. The molecule has 1 aromatic rings. The third-order valence-electron chi connectivity index (χ3n) is 4.38. The molecule has 2 aliphatic heterocycles. The van der Waals surface area contributed by atoms with Crippen molar-refractivity contribution in [1.29, 1.82) is 0 Å². The topological polar surface area (TPSA) is 75.9 Å². The summed E-state index contributed by atoms with van der Waals surface area (Å²) in [5.74, 6) is 0.360. The van der Waals surface area contributed by atoms with Crippen LogP contribution in [0.4, 0.5) is 0 Å². The average Bonchev–Trinajstić information content (AvgIpc) is 3.10. The molecule has 0 saturated carbocycles. The molecule has 3 rings (SSSR count). The van der Waals surface area contributed by atoms with Crippen molar-refractivity contribution < 1.29 is 17.7 Å². The van der Waals surface area contributed by atoms with Gasteiger partial charge in [0, 0.05) is 39.3 Å². The van der Waals surface area contributed by atoms with E-state index < -0.39 is 10.0 Å². The smallest absolute Gasteiger partial charge is 0.248 e. The van der Waals surface area contributed by atoms with Crippen molar-refractivity contribution in [2.24, 2.45) is 0 Å². The Hall–Kier alpha value is -0.960. The summed E-state index contributed by atoms with van der Waals surface area (Å²) in [6.07, 6.45) is 2.55. The lowest BCUT2D eigenvalue weighted by atomic mass is 10.2. The molecule has 1 atom stereocenters. The standard InChI is InChI=1S/C14H23N3O4S/c1-11-14(12(2)21-15-11)22(18,19)17-7-5-16(6-8-17)10-13-4-3-9-20-13/h13H,3-10H2,1-2H3. The summed E-state index contributed by atoms with van der Waals surface area (Å²) in [5, 5.41) is 3.75. The molecule has 0 bridgehead atoms. The van der Waals surface area contributed by atoms with Crippen LogP contribution in [0.1, 0.15) is 24.3 Å². The number of hydrogen-bond acceptors (Lipinski definition) is 6. The molecule has 0 aromatic carbocycles. The van der Waals surface area contributed by atoms with Crippen molar-refractivity contribution in [3.8, 4) is 0 Å². The molecule has 2 fully saturated rings. The van der Waals surface area contributed by atoms with E-state index in [-0.39, 0.29) is 4.90 Å². The highest BCUT2D eigenvalue weighted by Crippen LogP contribution is 2.24. The minimum atomic E-state index is -3.51. The number of rotatable bonds is 4. The molecular weight excluding hydrogens is 306 g/mol. The first-order chi connectivity index (χ1) is 10.5. The molecule has 0 spiro atoms. The average molecular weight is 329 g/mol. The molecule has 3 heterocycles. The van der Waals surface area contributed by atoms with E-state index in [0.717, 1.165) is 39.1 Å². The number of hydrogen-bond donors (Lipinski definition) is 0. The van der Waals surface area contributed by atoms with Crippen molar-refractivity contribution in [2.75, 3.05) is 39.3 Å². The van der Waals surface area contributed by atoms with Crippen molar-refractivity contribution >= 4 is 10.0 Å². The van der Waals surface area contributed by atoms with Gasteiger partial charge in [0.15, 0.2) is 5.76 Å². The van der Waals surface area contributed by atoms with E-state index in [1.807, 2.05) is 0 Å². The van der Waals surface area contributed by atoms with Gasteiger partial charge in [0.1, 0.15) is 10.6 Å². The summed E-state index contributed by atoms with van der Waals surface area (Å²) in [5.41, 5.74) is 0.430. The van der Waals surface area contributed by atoms with Crippen molar-refractivity contribution in [1.82, 2.24) is 14.4 Å². The van der Waals surface area contributed by atoms with E-state index in [4.69, 9.17) is 9.26 Å². The Balaban J connectivity index is 1.63. The normalized spacial score (nSPS) is 24.9. The predicted molar refractivity (Wildman–Crippen MR) is 80.1 cm³/mol. The van der Waals surface area contributed by atoms with Gasteiger partial charge >= 0.3 is 0 Å². The third-order valence-corrected chi connectivity index (χ3v) is 6.53. The second kappa shape index (κ2) is 6.27. The van der Waals surface area contributed by atoms with Crippen LogP contribution in [0.2, 0.25) is 0 Å². The Morgan fingerprint density at radius 1 is 1.23 bits per heavy atom. The second-order valence-corrected chi connectivity index (χ2v) is 7.87. The van der Waals surface area contributed by atoms with Crippen LogP contribution in [0, 0.1) is 13.8 Å². The molecule has 0 aliphatic carbocycles. The SMILES string of the molecule is Cc1noc(C)c1S(=O)(=O)N1CCN(CC2CCCO2)CC1. The molecule has 8 heteroatoms. The largest absolute Gasteiger partial charge is 0.377 e. The Morgan fingerprint density at radius 3 is 2.50 bits per heavy atom. The van der Waals surface area contributed by atoms with Gasteiger partial charge in [0.2, 0.25) is 10.0 Å². The molecule has 0 amide bonds. The highest BCUT2D eigenvalue weighted by molar-refractivity contribution is 7.89. The van der Waals surface area contributed by atoms with Gasteiger partial charge in [-0.25, -0.2) is 8.42 Å². The van der Waals surface area contributed by atoms with Crippen LogP contribution >= 0.6 is 0 Å². The zero-order valence-electron chi connectivity index (χ0n) is 13.1. The summed E-state index contributed by atoms with van der Waals surface area (Å²) in [7, 11) is -3.51. The van der Waals surface area contributed by atoms with E-state index in [9.17, 15) is 8.42 Å². The second-order valence-electron chi connectivity index (χ2n) is 5.99. The minimum absolute atomic E-state index is 0.222. The lowest BCUT2D eigenvalue weighted by molar-refractivity contribution is 0.0617. The maximum atomic E-state index is 12.7. The van der Waals surface area contributed by atoms with Crippen LogP contribution in [0.15, 0.2) is 9.42 Å². The number of ether oxygens (including phenoxy) is 1. The first kappa shape index (κ1) is 15.9. The fraction of sp³-hybridized carbons (Fsp3) is 0.786. The van der Waals surface area contributed by atoms with Crippen molar-refractivity contribution in [3.05, 3.63) is 11.5 Å². The number of piperazine rings is 1. The lowest BCUT2D eigenvalue weighted by Gasteiger charge is -2.34. The number of aryl methyl sites for hydroxylation is 2. The number of nitrogens with zero attached hydrogens (tertiary/aromatic N) is 3. The Labute approximate surface area is 131 Å². The summed E-state index contributed by atoms with van der Waals surface area (Å²) in [4.78, 5) is 2.51. The maximum absolute atomic E-state index is 12.7. The minimum Gasteiger partial charge on any atom is -0.377 e. The molecular formula is C14H23N3O4S. The Kier molecular flexibility index (Phi) is 4.54. The fourth-order valence-electron chi connectivity index (χ4n) is 3.20. The first-order valence-electron chi connectivity index (χ1n) is 7.75. The fourth-order valence-corrected chi connectivity index (χ4v) is 4.91. The van der Waals surface area contributed by atoms with Gasteiger partial charge in [-0.1, -0.05) is 5.16 Å². The van der Waals surface area contributed by atoms with E-state index in [1.165, 1.54) is 4.31 Å². The van der Waals surface area contributed by atoms with Gasteiger partial charge in [-0.05, 0) is 26.7 Å². The molecule has 1 aromatic heterocycles. The van der Waals surface area contributed by atoms with Gasteiger partial charge in [-0.15, -0.1) is 0 Å². The van der Waals surface area contributed by atoms with Crippen LogP contribution in [0.5, 0.6) is 0 Å². The highest BCUT2D eigenvalue weighted by atomic mass is 32.2. The van der Waals surface area contributed by atoms with Gasteiger partial charge in [0.25, 0.3) is 0 Å². The molecule has 124 valence electrons. The third kappa shape index (κ3) is 3.05. The monoisotopic (exact) mass is 329 g/mol. The molecule has 0 radical (unpaired) electrons. The van der Waals surface area contributed by atoms with Crippen molar-refractivity contribution in [3.63, 3.8) is 0 Å². The quantitative estimate of drug-likeness (QED) is 0.812. The van der Waals surface area contributed by atoms with Crippen molar-refractivity contribution in [2.45, 2.75) is 37.7 Å². The highest BCUT2D eigenvalue weighted by Gasteiger charge is 2.33. The molecule has 0 N–H and O–H groups in total. The molecule has 2 saturated heterocycles. The zero-order valence-corrected chi connectivity index (χ0v) is 13.9. The van der Waals surface area contributed by atoms with E-state index in [1.54, 1.807) is 13.8 Å². The maximum Gasteiger partial charge on any atom is 0.248 e. The molecule has 2 aliphatic rings. The summed E-state index contributed by atoms with van der Waals surface area (Å²) < 4.78 is 37.6. The van der Waals surface area contributed by atoms with Crippen LogP contribution < -0.4 is 0 Å². The van der Waals surface area contributed by atoms with Gasteiger partial charge in [-0.3, -0.25) is 4.90 Å². The summed E-state index contributed by atoms with van der Waals surface area (Å²) in [6, 6.07) is 0. The summed E-state index contributed by atoms with van der Waals surface area (Å²) in [6.45, 7) is 7.53. The van der Waals surface area contributed by atoms with Gasteiger partial charge in [0.05, 0.1) is 6.10 Å². The van der Waals surface area contributed by atoms with Crippen LogP contribution in [0.3, 0.4) is 0 Å². The Bertz CT molecular complexity index is 595. The van der Waals surface area contributed by atoms with Crippen LogP contribution in [-0.4, -0.2) is 68.2 Å². The van der Waals surface area contributed by atoms with Gasteiger partial charge < -0.3 is 9.26 Å². The lowest BCUT2D eigenvalue weighted by Crippen LogP contribution is -2.50. The molecule has 7 nitrogen and oxygen atoms in total. The van der Waals surface area contributed by atoms with E-state index in [0.29, 0.717) is 30.6 Å². The van der Waals surface area contributed by atoms with Crippen LogP contribution in [0.25, 0.3) is 0 Å². The van der Waals surface area contributed by atoms with E-state index >= 15 is 0 Å². The van der Waals surface area contributed by atoms with E-state index in [2.05, 4.69) is 10.1 Å². The summed E-state index contributed by atoms with van der Waals surface area (Å²) >= 11 is 0.